The van der Waals surface area contributed by atoms with Crippen LogP contribution in [0.15, 0.2) is 133 Å². The summed E-state index contributed by atoms with van der Waals surface area (Å²) in [5.41, 5.74) is 5.47. The number of amides is 6. The second-order valence-corrected chi connectivity index (χ2v) is 22.6. The van der Waals surface area contributed by atoms with Gasteiger partial charge < -0.3 is 65.4 Å². The highest BCUT2D eigenvalue weighted by molar-refractivity contribution is 6.05. The second-order valence-electron chi connectivity index (χ2n) is 22.6. The Kier molecular flexibility index (Phi) is 26.2. The molecule has 8 rings (SSSR count). The maximum absolute atomic E-state index is 13.0. The third-order valence-electron chi connectivity index (χ3n) is 15.8. The van der Waals surface area contributed by atoms with Crippen molar-refractivity contribution in [3.8, 4) is 34.5 Å². The van der Waals surface area contributed by atoms with Gasteiger partial charge in [0.05, 0.1) is 6.61 Å². The molecule has 0 radical (unpaired) electrons. The highest BCUT2D eigenvalue weighted by Crippen LogP contribution is 2.32. The lowest BCUT2D eigenvalue weighted by atomic mass is 10.1. The number of rotatable bonds is 26. The van der Waals surface area contributed by atoms with Crippen molar-refractivity contribution in [3.63, 3.8) is 0 Å². The summed E-state index contributed by atoms with van der Waals surface area (Å²) < 4.78 is 29.9. The van der Waals surface area contributed by atoms with Crippen LogP contribution in [0.25, 0.3) is 0 Å². The zero-order valence-electron chi connectivity index (χ0n) is 52.5. The van der Waals surface area contributed by atoms with Crippen LogP contribution in [0, 0.1) is 6.92 Å². The number of methoxy groups -OCH3 is 1. The molecule has 6 N–H and O–H groups in total. The summed E-state index contributed by atoms with van der Waals surface area (Å²) in [6.07, 6.45) is 10.5. The number of urea groups is 2. The molecule has 2 aliphatic heterocycles. The third kappa shape index (κ3) is 21.4. The van der Waals surface area contributed by atoms with Crippen LogP contribution in [0.4, 0.5) is 32.3 Å². The van der Waals surface area contributed by atoms with E-state index < -0.39 is 0 Å². The smallest absolute Gasteiger partial charge is 0.319 e. The van der Waals surface area contributed by atoms with Gasteiger partial charge in [-0.15, -0.1) is 0 Å². The first-order valence-corrected chi connectivity index (χ1v) is 31.2. The van der Waals surface area contributed by atoms with E-state index in [2.05, 4.69) is 76.3 Å². The van der Waals surface area contributed by atoms with E-state index in [0.29, 0.717) is 69.5 Å². The third-order valence-corrected chi connectivity index (χ3v) is 15.8. The van der Waals surface area contributed by atoms with E-state index in [-0.39, 0.29) is 48.2 Å². The van der Waals surface area contributed by atoms with Gasteiger partial charge in [0, 0.05) is 90.9 Å². The minimum Gasteiger partial charge on any atom is -0.490 e. The van der Waals surface area contributed by atoms with Gasteiger partial charge in [0.2, 0.25) is 0 Å². The Hall–Kier alpha value is -8.12. The second kappa shape index (κ2) is 34.3. The number of benzene rings is 6. The van der Waals surface area contributed by atoms with Crippen molar-refractivity contribution in [2.75, 3.05) is 61.1 Å². The van der Waals surface area contributed by atoms with Crippen molar-refractivity contribution >= 4 is 46.6 Å². The molecule has 0 saturated carbocycles. The van der Waals surface area contributed by atoms with Gasteiger partial charge in [-0.25, -0.2) is 9.59 Å². The van der Waals surface area contributed by atoms with Crippen LogP contribution < -0.4 is 50.8 Å². The van der Waals surface area contributed by atoms with Crippen LogP contribution in [-0.4, -0.2) is 104 Å². The van der Waals surface area contributed by atoms with Gasteiger partial charge in [-0.3, -0.25) is 9.59 Å². The van der Waals surface area contributed by atoms with Gasteiger partial charge in [-0.2, -0.15) is 0 Å². The SMILES string of the molecule is CCC(CC)NC(=O)Nc1ccc(Oc2ccc(NC(=O)c3ccc(OC4CCN(C(C)C)CC4)cc3)cc2COC)cc1.CCCCN1CCC(Oc2ccc(C(=O)Nc3ccc(Oc4ccc(NC(=O)NC(CC)CC)cc4C)cc3)cc2)CC1. The Labute approximate surface area is 515 Å². The molecule has 17 heteroatoms. The molecule has 2 fully saturated rings. The molecule has 2 saturated heterocycles. The Bertz CT molecular complexity index is 3080. The molecular formula is C70H92N8O9. The number of carbonyl (C=O) groups excluding carboxylic acids is 4. The van der Waals surface area contributed by atoms with Crippen molar-refractivity contribution in [1.29, 1.82) is 0 Å². The monoisotopic (exact) mass is 1190 g/mol. The number of carbonyl (C=O) groups is 4. The minimum atomic E-state index is -0.227. The van der Waals surface area contributed by atoms with Crippen molar-refractivity contribution < 1.29 is 42.9 Å². The molecule has 466 valence electrons. The Balaban J connectivity index is 0.000000249. The number of anilines is 4. The summed E-state index contributed by atoms with van der Waals surface area (Å²) >= 11 is 0. The molecule has 0 unspecified atom stereocenters. The summed E-state index contributed by atoms with van der Waals surface area (Å²) in [4.78, 5) is 55.3. The van der Waals surface area contributed by atoms with Crippen molar-refractivity contribution in [2.45, 2.75) is 157 Å². The molecule has 87 heavy (non-hydrogen) atoms. The molecule has 2 heterocycles. The number of nitrogens with zero attached hydrogens (tertiary/aromatic N) is 2. The Morgan fingerprint density at radius 2 is 0.920 bits per heavy atom. The molecule has 0 atom stereocenters. The Morgan fingerprint density at radius 3 is 1.38 bits per heavy atom. The molecular weight excluding hydrogens is 1100 g/mol. The van der Waals surface area contributed by atoms with Gasteiger partial charge >= 0.3 is 12.1 Å². The van der Waals surface area contributed by atoms with E-state index in [0.717, 1.165) is 100 Å². The first kappa shape index (κ1) is 66.4. The zero-order chi connectivity index (χ0) is 62.1. The molecule has 0 aromatic heterocycles. The standard InChI is InChI=1S/C35H46N4O5.C35H46N4O4/c1-6-27(7-2)37-35(41)38-28-10-15-31(16-11-28)44-33-17-12-29(22-26(33)23-42-5)36-34(40)25-8-13-30(14-9-25)43-32-18-20-39(21-19-32)24(3)4;1-5-8-21-39-22-19-32(20-23-39)42-30-14-9-26(10-15-30)34(40)36-28-11-16-31(17-12-28)43-33-18-13-29(24-25(33)4)38-35(41)37-27(6-2)7-3/h8-17,22,24,27,32H,6-7,18-21,23H2,1-5H3,(H,36,40)(H2,37,38,41);9-18,24,27,32H,5-8,19-23H2,1-4H3,(H,36,40)(H2,37,38,41). The lowest BCUT2D eigenvalue weighted by Gasteiger charge is -2.34. The van der Waals surface area contributed by atoms with Gasteiger partial charge in [0.1, 0.15) is 46.7 Å². The fourth-order valence-electron chi connectivity index (χ4n) is 10.3. The largest absolute Gasteiger partial charge is 0.490 e. The van der Waals surface area contributed by atoms with Crippen LogP contribution >= 0.6 is 0 Å². The topological polar surface area (TPSA) is 193 Å². The first-order chi connectivity index (χ1) is 42.1. The maximum atomic E-state index is 13.0. The van der Waals surface area contributed by atoms with E-state index >= 15 is 0 Å². The van der Waals surface area contributed by atoms with Crippen LogP contribution in [0.2, 0.25) is 0 Å². The highest BCUT2D eigenvalue weighted by Gasteiger charge is 2.23. The lowest BCUT2D eigenvalue weighted by molar-refractivity contribution is 0.0843. The first-order valence-electron chi connectivity index (χ1n) is 31.2. The number of likely N-dealkylation sites (tertiary alicyclic amines) is 2. The number of unbranched alkanes of at least 4 members (excludes halogenated alkanes) is 1. The van der Waals surface area contributed by atoms with Crippen molar-refractivity contribution in [2.24, 2.45) is 0 Å². The average molecular weight is 1190 g/mol. The molecule has 6 aromatic carbocycles. The molecule has 6 aromatic rings. The zero-order valence-corrected chi connectivity index (χ0v) is 52.5. The van der Waals surface area contributed by atoms with Gasteiger partial charge in [0.15, 0.2) is 0 Å². The molecule has 0 aliphatic carbocycles. The van der Waals surface area contributed by atoms with Crippen LogP contribution in [-0.2, 0) is 11.3 Å². The van der Waals surface area contributed by atoms with E-state index in [1.54, 1.807) is 67.8 Å². The molecule has 17 nitrogen and oxygen atoms in total. The van der Waals surface area contributed by atoms with Gasteiger partial charge in [-0.05, 0) is 224 Å². The van der Waals surface area contributed by atoms with Gasteiger partial charge in [0.25, 0.3) is 11.8 Å². The number of hydrogen-bond donors (Lipinski definition) is 6. The quantitative estimate of drug-likeness (QED) is 0.0303. The van der Waals surface area contributed by atoms with Crippen LogP contribution in [0.1, 0.15) is 145 Å². The van der Waals surface area contributed by atoms with Crippen molar-refractivity contribution in [1.82, 2.24) is 20.4 Å². The molecule has 6 amide bonds. The number of ether oxygens (including phenoxy) is 5. The maximum Gasteiger partial charge on any atom is 0.319 e. The summed E-state index contributed by atoms with van der Waals surface area (Å²) in [6.45, 7) is 22.5. The average Bonchev–Trinajstić information content (AvgIpc) is 3.40. The summed E-state index contributed by atoms with van der Waals surface area (Å²) in [6, 6.07) is 40.5. The number of aryl methyl sites for hydroxylation is 1. The van der Waals surface area contributed by atoms with E-state index in [4.69, 9.17) is 23.7 Å². The molecule has 0 spiro atoms. The fraction of sp³-hybridized carbons (Fsp3) is 0.429. The predicted molar refractivity (Wildman–Crippen MR) is 349 cm³/mol. The molecule has 0 bridgehead atoms. The highest BCUT2D eigenvalue weighted by atomic mass is 16.5. The number of hydrogen-bond acceptors (Lipinski definition) is 11. The van der Waals surface area contributed by atoms with Gasteiger partial charge in [-0.1, -0.05) is 41.0 Å². The lowest BCUT2D eigenvalue weighted by Crippen LogP contribution is -2.41. The van der Waals surface area contributed by atoms with E-state index in [1.165, 1.54) is 19.4 Å². The summed E-state index contributed by atoms with van der Waals surface area (Å²) in [7, 11) is 1.61. The van der Waals surface area contributed by atoms with Crippen LogP contribution in [0.3, 0.4) is 0 Å². The number of nitrogens with one attached hydrogen (secondary N) is 6. The van der Waals surface area contributed by atoms with Crippen molar-refractivity contribution in [3.05, 3.63) is 156 Å². The predicted octanol–water partition coefficient (Wildman–Crippen LogP) is 15.4. The van der Waals surface area contributed by atoms with Crippen LogP contribution in [0.5, 0.6) is 34.5 Å². The normalized spacial score (nSPS) is 13.9. The minimum absolute atomic E-state index is 0.146. The summed E-state index contributed by atoms with van der Waals surface area (Å²) in [5.74, 6) is 3.73. The fourth-order valence-corrected chi connectivity index (χ4v) is 10.3. The Morgan fingerprint density at radius 1 is 0.506 bits per heavy atom. The summed E-state index contributed by atoms with van der Waals surface area (Å²) in [5, 5.41) is 17.6. The molecule has 2 aliphatic rings. The number of piperidine rings is 2. The van der Waals surface area contributed by atoms with E-state index in [1.807, 2.05) is 93.6 Å². The van der Waals surface area contributed by atoms with E-state index in [9.17, 15) is 19.2 Å².